The van der Waals surface area contributed by atoms with Gasteiger partial charge in [-0.1, -0.05) is 24.3 Å². The van der Waals surface area contributed by atoms with E-state index in [0.29, 0.717) is 40.9 Å². The number of rotatable bonds is 8. The molecule has 3 aromatic rings. The van der Waals surface area contributed by atoms with Gasteiger partial charge in [-0.05, 0) is 93.2 Å². The van der Waals surface area contributed by atoms with Gasteiger partial charge < -0.3 is 14.2 Å². The smallest absolute Gasteiger partial charge is 0.270 e. The van der Waals surface area contributed by atoms with Crippen molar-refractivity contribution in [3.8, 4) is 23.0 Å². The zero-order valence-electron chi connectivity index (χ0n) is 20.2. The SMILES string of the molecule is CCOc1cc(C=C2C(=O)NC(=S)N(c3ccc(Oc4ccccc4)cc3)C2=O)ccc1OC(C)C. The summed E-state index contributed by atoms with van der Waals surface area (Å²) in [5.74, 6) is 1.34. The van der Waals surface area contributed by atoms with E-state index in [-0.39, 0.29) is 16.8 Å². The maximum Gasteiger partial charge on any atom is 0.270 e. The maximum atomic E-state index is 13.4. The lowest BCUT2D eigenvalue weighted by Crippen LogP contribution is -2.54. The topological polar surface area (TPSA) is 77.1 Å². The fourth-order valence-corrected chi connectivity index (χ4v) is 3.86. The minimum atomic E-state index is -0.564. The summed E-state index contributed by atoms with van der Waals surface area (Å²) in [5, 5.41) is 2.61. The van der Waals surface area contributed by atoms with Crippen LogP contribution in [0.1, 0.15) is 26.3 Å². The van der Waals surface area contributed by atoms with E-state index in [4.69, 9.17) is 26.4 Å². The van der Waals surface area contributed by atoms with E-state index in [1.54, 1.807) is 42.5 Å². The summed E-state index contributed by atoms with van der Waals surface area (Å²) in [7, 11) is 0. The number of carbonyl (C=O) groups is 2. The second-order valence-electron chi connectivity index (χ2n) is 8.17. The lowest BCUT2D eigenvalue weighted by atomic mass is 10.1. The summed E-state index contributed by atoms with van der Waals surface area (Å²) in [4.78, 5) is 27.3. The quantitative estimate of drug-likeness (QED) is 0.249. The second-order valence-corrected chi connectivity index (χ2v) is 8.56. The average Bonchev–Trinajstić information content (AvgIpc) is 2.85. The lowest BCUT2D eigenvalue weighted by molar-refractivity contribution is -0.122. The molecule has 1 fully saturated rings. The molecule has 3 aromatic carbocycles. The van der Waals surface area contributed by atoms with Crippen molar-refractivity contribution in [3.63, 3.8) is 0 Å². The van der Waals surface area contributed by atoms with Gasteiger partial charge in [0.05, 0.1) is 18.4 Å². The third kappa shape index (κ3) is 5.72. The van der Waals surface area contributed by atoms with Crippen molar-refractivity contribution in [1.29, 1.82) is 0 Å². The van der Waals surface area contributed by atoms with Gasteiger partial charge in [-0.25, -0.2) is 0 Å². The van der Waals surface area contributed by atoms with Crippen LogP contribution in [-0.4, -0.2) is 29.6 Å². The lowest BCUT2D eigenvalue weighted by Gasteiger charge is -2.29. The van der Waals surface area contributed by atoms with E-state index < -0.39 is 11.8 Å². The van der Waals surface area contributed by atoms with Crippen LogP contribution in [0.15, 0.2) is 78.4 Å². The Balaban J connectivity index is 1.60. The molecule has 0 saturated carbocycles. The van der Waals surface area contributed by atoms with Crippen molar-refractivity contribution >= 4 is 40.9 Å². The highest BCUT2D eigenvalue weighted by Crippen LogP contribution is 2.31. The number of thiocarbonyl (C=S) groups is 1. The van der Waals surface area contributed by atoms with Crippen LogP contribution in [0.2, 0.25) is 0 Å². The number of para-hydroxylation sites is 1. The second kappa shape index (κ2) is 11.0. The summed E-state index contributed by atoms with van der Waals surface area (Å²) in [6, 6.07) is 21.5. The fourth-order valence-electron chi connectivity index (χ4n) is 3.58. The molecule has 0 aromatic heterocycles. The van der Waals surface area contributed by atoms with E-state index in [0.717, 1.165) is 0 Å². The van der Waals surface area contributed by atoms with Crippen molar-refractivity contribution in [3.05, 3.63) is 83.9 Å². The molecule has 184 valence electrons. The Morgan fingerprint density at radius 1 is 0.944 bits per heavy atom. The number of amides is 2. The first-order valence-corrected chi connectivity index (χ1v) is 11.9. The van der Waals surface area contributed by atoms with E-state index in [9.17, 15) is 9.59 Å². The van der Waals surface area contributed by atoms with Gasteiger partial charge in [0.15, 0.2) is 16.6 Å². The van der Waals surface area contributed by atoms with Gasteiger partial charge in [0.1, 0.15) is 17.1 Å². The Labute approximate surface area is 215 Å². The molecule has 0 atom stereocenters. The molecular formula is C28H26N2O5S. The first kappa shape index (κ1) is 24.9. The van der Waals surface area contributed by atoms with Gasteiger partial charge in [-0.3, -0.25) is 19.8 Å². The molecule has 1 aliphatic heterocycles. The summed E-state index contributed by atoms with van der Waals surface area (Å²) in [5.41, 5.74) is 1.08. The largest absolute Gasteiger partial charge is 0.490 e. The van der Waals surface area contributed by atoms with Gasteiger partial charge in [0, 0.05) is 0 Å². The number of nitrogens with zero attached hydrogens (tertiary/aromatic N) is 1. The van der Waals surface area contributed by atoms with Crippen LogP contribution >= 0.6 is 12.2 Å². The molecule has 8 heteroatoms. The van der Waals surface area contributed by atoms with Crippen molar-refractivity contribution in [2.75, 3.05) is 11.5 Å². The molecule has 0 unspecified atom stereocenters. The minimum Gasteiger partial charge on any atom is -0.490 e. The summed E-state index contributed by atoms with van der Waals surface area (Å²) in [6.07, 6.45) is 1.49. The molecule has 2 amide bonds. The highest BCUT2D eigenvalue weighted by atomic mass is 32.1. The summed E-state index contributed by atoms with van der Waals surface area (Å²) >= 11 is 5.31. The molecule has 0 spiro atoms. The van der Waals surface area contributed by atoms with Crippen LogP contribution < -0.4 is 24.4 Å². The number of ether oxygens (including phenoxy) is 3. The monoisotopic (exact) mass is 502 g/mol. The van der Waals surface area contributed by atoms with Crippen LogP contribution in [0.25, 0.3) is 6.08 Å². The first-order chi connectivity index (χ1) is 17.4. The molecule has 1 saturated heterocycles. The summed E-state index contributed by atoms with van der Waals surface area (Å²) in [6.45, 7) is 6.17. The number of anilines is 1. The van der Waals surface area contributed by atoms with Crippen LogP contribution in [-0.2, 0) is 9.59 Å². The molecule has 0 radical (unpaired) electrons. The maximum absolute atomic E-state index is 13.4. The molecule has 1 N–H and O–H groups in total. The third-order valence-corrected chi connectivity index (χ3v) is 5.40. The highest BCUT2D eigenvalue weighted by molar-refractivity contribution is 7.80. The molecular weight excluding hydrogens is 476 g/mol. The normalized spacial score (nSPS) is 14.7. The van der Waals surface area contributed by atoms with Crippen molar-refractivity contribution in [2.24, 2.45) is 0 Å². The first-order valence-electron chi connectivity index (χ1n) is 11.5. The van der Waals surface area contributed by atoms with Crippen molar-refractivity contribution in [1.82, 2.24) is 5.32 Å². The fraction of sp³-hybridized carbons (Fsp3) is 0.179. The van der Waals surface area contributed by atoms with Gasteiger partial charge in [-0.15, -0.1) is 0 Å². The zero-order valence-corrected chi connectivity index (χ0v) is 21.0. The predicted octanol–water partition coefficient (Wildman–Crippen LogP) is 5.50. The van der Waals surface area contributed by atoms with Gasteiger partial charge in [0.2, 0.25) is 0 Å². The Hall–Kier alpha value is -4.17. The van der Waals surface area contributed by atoms with E-state index in [2.05, 4.69) is 5.32 Å². The van der Waals surface area contributed by atoms with Gasteiger partial charge >= 0.3 is 0 Å². The number of hydrogen-bond donors (Lipinski definition) is 1. The van der Waals surface area contributed by atoms with Crippen LogP contribution in [0.4, 0.5) is 5.69 Å². The average molecular weight is 503 g/mol. The number of carbonyl (C=O) groups excluding carboxylic acids is 2. The predicted molar refractivity (Wildman–Crippen MR) is 143 cm³/mol. The molecule has 36 heavy (non-hydrogen) atoms. The minimum absolute atomic E-state index is 0.00886. The van der Waals surface area contributed by atoms with Crippen LogP contribution in [0, 0.1) is 0 Å². The van der Waals surface area contributed by atoms with Gasteiger partial charge in [-0.2, -0.15) is 0 Å². The van der Waals surface area contributed by atoms with E-state index in [1.807, 2.05) is 51.1 Å². The summed E-state index contributed by atoms with van der Waals surface area (Å²) < 4.78 is 17.3. The number of nitrogens with one attached hydrogen (secondary N) is 1. The zero-order chi connectivity index (χ0) is 25.7. The van der Waals surface area contributed by atoms with Crippen molar-refractivity contribution in [2.45, 2.75) is 26.9 Å². The molecule has 0 bridgehead atoms. The highest BCUT2D eigenvalue weighted by Gasteiger charge is 2.34. The molecule has 1 aliphatic rings. The Kier molecular flexibility index (Phi) is 7.65. The van der Waals surface area contributed by atoms with Crippen molar-refractivity contribution < 1.29 is 23.8 Å². The van der Waals surface area contributed by atoms with Gasteiger partial charge in [0.25, 0.3) is 11.8 Å². The van der Waals surface area contributed by atoms with E-state index >= 15 is 0 Å². The molecule has 4 rings (SSSR count). The Bertz CT molecular complexity index is 1300. The Morgan fingerprint density at radius 2 is 1.64 bits per heavy atom. The number of benzene rings is 3. The third-order valence-electron chi connectivity index (χ3n) is 5.12. The van der Waals surface area contributed by atoms with E-state index in [1.165, 1.54) is 11.0 Å². The Morgan fingerprint density at radius 3 is 2.31 bits per heavy atom. The number of hydrogen-bond acceptors (Lipinski definition) is 6. The molecule has 1 heterocycles. The van der Waals surface area contributed by atoms with Crippen LogP contribution in [0.5, 0.6) is 23.0 Å². The molecule has 0 aliphatic carbocycles. The standard InChI is InChI=1S/C28H26N2O5S/c1-4-33-25-17-19(10-15-24(25)34-18(2)3)16-23-26(31)29-28(36)30(27(23)32)20-11-13-22(14-12-20)35-21-8-6-5-7-9-21/h5-18H,4H2,1-3H3,(H,29,31,36). The molecule has 7 nitrogen and oxygen atoms in total. The van der Waals surface area contributed by atoms with Crippen LogP contribution in [0.3, 0.4) is 0 Å².